The number of nitrogens with zero attached hydrogens (tertiary/aromatic N) is 2. The number of carbonyl (C=O) groups excluding carboxylic acids is 3. The van der Waals surface area contributed by atoms with Crippen LogP contribution in [0, 0.1) is 0 Å². The predicted molar refractivity (Wildman–Crippen MR) is 128 cm³/mol. The number of carbonyl (C=O) groups is 3. The lowest BCUT2D eigenvalue weighted by atomic mass is 10.0. The number of benzene rings is 3. The Kier molecular flexibility index (Phi) is 5.86. The van der Waals surface area contributed by atoms with Crippen molar-refractivity contribution in [2.24, 2.45) is 0 Å². The van der Waals surface area contributed by atoms with E-state index in [4.69, 9.17) is 14.2 Å². The van der Waals surface area contributed by atoms with Crippen molar-refractivity contribution < 1.29 is 28.6 Å². The summed E-state index contributed by atoms with van der Waals surface area (Å²) in [6, 6.07) is 17.0. The quantitative estimate of drug-likeness (QED) is 0.478. The highest BCUT2D eigenvalue weighted by atomic mass is 16.7. The van der Waals surface area contributed by atoms with Crippen molar-refractivity contribution in [3.05, 3.63) is 82.9 Å². The maximum Gasteiger partial charge on any atom is 0.266 e. The maximum atomic E-state index is 13.3. The van der Waals surface area contributed by atoms with Crippen LogP contribution >= 0.6 is 0 Å². The molecule has 178 valence electrons. The maximum absolute atomic E-state index is 13.3. The van der Waals surface area contributed by atoms with Crippen LogP contribution in [0.1, 0.15) is 50.5 Å². The minimum absolute atomic E-state index is 0.185. The first-order chi connectivity index (χ1) is 17.0. The third-order valence-corrected chi connectivity index (χ3v) is 6.02. The molecule has 0 aliphatic carbocycles. The van der Waals surface area contributed by atoms with Crippen LogP contribution in [0.5, 0.6) is 17.2 Å². The summed E-state index contributed by atoms with van der Waals surface area (Å²) in [7, 11) is 0. The van der Waals surface area contributed by atoms with Crippen molar-refractivity contribution in [2.75, 3.05) is 24.8 Å². The zero-order chi connectivity index (χ0) is 24.5. The zero-order valence-corrected chi connectivity index (χ0v) is 19.4. The fourth-order valence-corrected chi connectivity index (χ4v) is 4.24. The molecular weight excluding hydrogens is 448 g/mol. The number of hydrogen-bond donors (Lipinski definition) is 0. The largest absolute Gasteiger partial charge is 0.494 e. The van der Waals surface area contributed by atoms with Gasteiger partial charge in [0.25, 0.3) is 17.7 Å². The third kappa shape index (κ3) is 4.07. The lowest BCUT2D eigenvalue weighted by molar-refractivity contribution is 0.0752. The number of imide groups is 1. The number of amides is 3. The second-order valence-corrected chi connectivity index (χ2v) is 8.14. The molecule has 3 aromatic carbocycles. The molecule has 8 nitrogen and oxygen atoms in total. The molecule has 2 heterocycles. The average molecular weight is 472 g/mol. The highest BCUT2D eigenvalue weighted by Crippen LogP contribution is 2.33. The molecule has 5 rings (SSSR count). The van der Waals surface area contributed by atoms with Gasteiger partial charge in [0.2, 0.25) is 6.79 Å². The summed E-state index contributed by atoms with van der Waals surface area (Å²) < 4.78 is 16.2. The van der Waals surface area contributed by atoms with Crippen LogP contribution in [0.15, 0.2) is 60.7 Å². The van der Waals surface area contributed by atoms with Crippen LogP contribution in [0.3, 0.4) is 0 Å². The molecule has 2 aliphatic rings. The summed E-state index contributed by atoms with van der Waals surface area (Å²) in [5, 5.41) is 0. The molecule has 0 unspecified atom stereocenters. The van der Waals surface area contributed by atoms with Gasteiger partial charge in [-0.05, 0) is 74.0 Å². The Morgan fingerprint density at radius 2 is 1.66 bits per heavy atom. The molecule has 8 heteroatoms. The molecule has 0 saturated heterocycles. The van der Waals surface area contributed by atoms with E-state index in [1.165, 1.54) is 6.07 Å². The molecule has 35 heavy (non-hydrogen) atoms. The average Bonchev–Trinajstić information content (AvgIpc) is 3.44. The van der Waals surface area contributed by atoms with Gasteiger partial charge in [-0.3, -0.25) is 14.4 Å². The number of rotatable bonds is 7. The summed E-state index contributed by atoms with van der Waals surface area (Å²) in [4.78, 5) is 42.2. The van der Waals surface area contributed by atoms with Gasteiger partial charge in [0.15, 0.2) is 11.5 Å². The molecule has 0 saturated carbocycles. The van der Waals surface area contributed by atoms with Crippen LogP contribution in [0.4, 0.5) is 5.69 Å². The summed E-state index contributed by atoms with van der Waals surface area (Å²) in [5.74, 6) is 0.892. The smallest absolute Gasteiger partial charge is 0.266 e. The van der Waals surface area contributed by atoms with E-state index in [-0.39, 0.29) is 23.8 Å². The Hall–Kier alpha value is -4.33. The van der Waals surface area contributed by atoms with Crippen molar-refractivity contribution in [3.8, 4) is 17.2 Å². The molecular formula is C27H24N2O6. The lowest BCUT2D eigenvalue weighted by Crippen LogP contribution is -2.30. The van der Waals surface area contributed by atoms with Gasteiger partial charge in [-0.25, -0.2) is 4.90 Å². The summed E-state index contributed by atoms with van der Waals surface area (Å²) >= 11 is 0. The lowest BCUT2D eigenvalue weighted by Gasteiger charge is -2.21. The van der Waals surface area contributed by atoms with E-state index in [1.807, 2.05) is 32.0 Å². The van der Waals surface area contributed by atoms with Gasteiger partial charge in [-0.1, -0.05) is 6.07 Å². The standard InChI is InChI=1S/C27H24N2O6/c1-3-28(15-17-5-12-23-24(13-17)35-16-34-23)25(30)18-6-11-21-22(14-18)27(32)29(26(21)31)19-7-9-20(10-8-19)33-4-2/h5-14H,3-4,15-16H2,1-2H3. The normalized spacial score (nSPS) is 13.7. The van der Waals surface area contributed by atoms with Crippen molar-refractivity contribution in [3.63, 3.8) is 0 Å². The third-order valence-electron chi connectivity index (χ3n) is 6.02. The molecule has 0 atom stereocenters. The molecule has 2 aliphatic heterocycles. The van der Waals surface area contributed by atoms with Gasteiger partial charge in [-0.15, -0.1) is 0 Å². The molecule has 3 amide bonds. The monoisotopic (exact) mass is 472 g/mol. The van der Waals surface area contributed by atoms with Gasteiger partial charge < -0.3 is 19.1 Å². The van der Waals surface area contributed by atoms with E-state index < -0.39 is 11.8 Å². The number of anilines is 1. The molecule has 0 N–H and O–H groups in total. The van der Waals surface area contributed by atoms with E-state index in [9.17, 15) is 14.4 Å². The topological polar surface area (TPSA) is 85.4 Å². The summed E-state index contributed by atoms with van der Waals surface area (Å²) in [6.45, 7) is 5.31. The van der Waals surface area contributed by atoms with Crippen molar-refractivity contribution in [1.82, 2.24) is 4.90 Å². The first-order valence-electron chi connectivity index (χ1n) is 11.4. The van der Waals surface area contributed by atoms with Crippen LogP contribution in [-0.2, 0) is 6.54 Å². The number of ether oxygens (including phenoxy) is 3. The van der Waals surface area contributed by atoms with E-state index in [0.717, 1.165) is 10.5 Å². The van der Waals surface area contributed by atoms with Crippen molar-refractivity contribution >= 4 is 23.4 Å². The van der Waals surface area contributed by atoms with E-state index in [0.29, 0.717) is 48.2 Å². The van der Waals surface area contributed by atoms with Crippen LogP contribution < -0.4 is 19.1 Å². The van der Waals surface area contributed by atoms with Gasteiger partial charge in [-0.2, -0.15) is 0 Å². The Labute approximate surface area is 202 Å². The fraction of sp³-hybridized carbons (Fsp3) is 0.222. The van der Waals surface area contributed by atoms with Crippen molar-refractivity contribution in [1.29, 1.82) is 0 Å². The van der Waals surface area contributed by atoms with Gasteiger partial charge in [0.1, 0.15) is 5.75 Å². The number of fused-ring (bicyclic) bond motifs is 2. The first kappa shape index (κ1) is 22.5. The van der Waals surface area contributed by atoms with Gasteiger partial charge >= 0.3 is 0 Å². The van der Waals surface area contributed by atoms with Crippen LogP contribution in [-0.4, -0.2) is 42.6 Å². The Morgan fingerprint density at radius 1 is 0.914 bits per heavy atom. The Bertz CT molecular complexity index is 1320. The minimum atomic E-state index is -0.456. The molecule has 0 aromatic heterocycles. The minimum Gasteiger partial charge on any atom is -0.494 e. The van der Waals surface area contributed by atoms with Crippen molar-refractivity contribution in [2.45, 2.75) is 20.4 Å². The SMILES string of the molecule is CCOc1ccc(N2C(=O)c3ccc(C(=O)N(CC)Cc4ccc5c(c4)OCO5)cc3C2=O)cc1. The van der Waals surface area contributed by atoms with Gasteiger partial charge in [0, 0.05) is 18.7 Å². The van der Waals surface area contributed by atoms with E-state index in [2.05, 4.69) is 0 Å². The highest BCUT2D eigenvalue weighted by molar-refractivity contribution is 6.34. The fourth-order valence-electron chi connectivity index (χ4n) is 4.24. The molecule has 0 radical (unpaired) electrons. The number of hydrogen-bond acceptors (Lipinski definition) is 6. The van der Waals surface area contributed by atoms with E-state index >= 15 is 0 Å². The summed E-state index contributed by atoms with van der Waals surface area (Å²) in [5.41, 5.74) is 2.19. The molecule has 0 bridgehead atoms. The summed E-state index contributed by atoms with van der Waals surface area (Å²) in [6.07, 6.45) is 0. The second kappa shape index (κ2) is 9.13. The molecule has 0 spiro atoms. The highest BCUT2D eigenvalue weighted by Gasteiger charge is 2.37. The van der Waals surface area contributed by atoms with Gasteiger partial charge in [0.05, 0.1) is 23.4 Å². The second-order valence-electron chi connectivity index (χ2n) is 8.14. The molecule has 3 aromatic rings. The predicted octanol–water partition coefficient (Wildman–Crippen LogP) is 4.28. The molecule has 0 fully saturated rings. The van der Waals surface area contributed by atoms with Crippen LogP contribution in [0.25, 0.3) is 0 Å². The Morgan fingerprint density at radius 3 is 2.40 bits per heavy atom. The Balaban J connectivity index is 1.37. The van der Waals surface area contributed by atoms with E-state index in [1.54, 1.807) is 41.3 Å². The van der Waals surface area contributed by atoms with Crippen LogP contribution in [0.2, 0.25) is 0 Å². The zero-order valence-electron chi connectivity index (χ0n) is 19.4. The first-order valence-corrected chi connectivity index (χ1v) is 11.4.